The van der Waals surface area contributed by atoms with E-state index in [-0.39, 0.29) is 29.9 Å². The molecular weight excluding hydrogens is 358 g/mol. The van der Waals surface area contributed by atoms with E-state index in [4.69, 9.17) is 4.74 Å². The second-order valence-corrected chi connectivity index (χ2v) is 8.58. The van der Waals surface area contributed by atoms with Gasteiger partial charge in [0.25, 0.3) is 0 Å². The number of amides is 3. The van der Waals surface area contributed by atoms with E-state index >= 15 is 0 Å². The fourth-order valence-corrected chi connectivity index (χ4v) is 4.14. The minimum atomic E-state index is -0.559. The van der Waals surface area contributed by atoms with Crippen LogP contribution < -0.4 is 10.6 Å². The molecule has 1 aromatic rings. The summed E-state index contributed by atoms with van der Waals surface area (Å²) in [6.07, 6.45) is 7.19. The summed E-state index contributed by atoms with van der Waals surface area (Å²) >= 11 is 0. The SMILES string of the molecule is CC(C)NC(=O)[C@@H]1CCC[C@H](NC(=O)N2CCO[C@@](C)(c3cnn(C)c3)C2)C1. The topological polar surface area (TPSA) is 88.5 Å². The van der Waals surface area contributed by atoms with Gasteiger partial charge < -0.3 is 20.3 Å². The number of carbonyl (C=O) groups is 2. The molecule has 2 aliphatic rings. The number of rotatable bonds is 4. The molecule has 1 aliphatic heterocycles. The number of urea groups is 1. The average Bonchev–Trinajstić information content (AvgIpc) is 3.09. The molecule has 156 valence electrons. The Hall–Kier alpha value is -2.09. The van der Waals surface area contributed by atoms with Crippen molar-refractivity contribution in [1.29, 1.82) is 0 Å². The van der Waals surface area contributed by atoms with Crippen molar-refractivity contribution >= 4 is 11.9 Å². The molecule has 3 amide bonds. The predicted octanol–water partition coefficient (Wildman–Crippen LogP) is 1.76. The Bertz CT molecular complexity index is 704. The monoisotopic (exact) mass is 391 g/mol. The molecule has 2 N–H and O–H groups in total. The minimum Gasteiger partial charge on any atom is -0.367 e. The average molecular weight is 392 g/mol. The lowest BCUT2D eigenvalue weighted by atomic mass is 9.85. The number of hydrogen-bond acceptors (Lipinski definition) is 4. The van der Waals surface area contributed by atoms with Crippen LogP contribution in [0.3, 0.4) is 0 Å². The summed E-state index contributed by atoms with van der Waals surface area (Å²) in [5.41, 5.74) is 0.409. The van der Waals surface area contributed by atoms with E-state index in [2.05, 4.69) is 15.7 Å². The third-order valence-corrected chi connectivity index (χ3v) is 5.68. The molecule has 0 unspecified atom stereocenters. The van der Waals surface area contributed by atoms with E-state index in [0.717, 1.165) is 24.8 Å². The summed E-state index contributed by atoms with van der Waals surface area (Å²) < 4.78 is 7.74. The first kappa shape index (κ1) is 20.6. The summed E-state index contributed by atoms with van der Waals surface area (Å²) in [5, 5.41) is 10.4. The first-order valence-electron chi connectivity index (χ1n) is 10.3. The Kier molecular flexibility index (Phi) is 6.27. The molecule has 2 fully saturated rings. The Morgan fingerprint density at radius 1 is 1.36 bits per heavy atom. The summed E-state index contributed by atoms with van der Waals surface area (Å²) in [7, 11) is 1.87. The largest absolute Gasteiger partial charge is 0.367 e. The van der Waals surface area contributed by atoms with Crippen LogP contribution in [0, 0.1) is 5.92 Å². The van der Waals surface area contributed by atoms with Gasteiger partial charge in [0, 0.05) is 43.4 Å². The highest BCUT2D eigenvalue weighted by atomic mass is 16.5. The van der Waals surface area contributed by atoms with Gasteiger partial charge in [0.05, 0.1) is 19.3 Å². The van der Waals surface area contributed by atoms with Crippen LogP contribution in [0.4, 0.5) is 4.79 Å². The number of morpholine rings is 1. The van der Waals surface area contributed by atoms with Gasteiger partial charge in [0.2, 0.25) is 5.91 Å². The molecule has 3 atom stereocenters. The van der Waals surface area contributed by atoms with Crippen LogP contribution in [-0.4, -0.2) is 58.4 Å². The van der Waals surface area contributed by atoms with Crippen molar-refractivity contribution < 1.29 is 14.3 Å². The van der Waals surface area contributed by atoms with E-state index in [9.17, 15) is 9.59 Å². The third kappa shape index (κ3) is 4.84. The molecule has 2 heterocycles. The molecule has 0 spiro atoms. The Morgan fingerprint density at radius 3 is 2.82 bits per heavy atom. The highest BCUT2D eigenvalue weighted by Gasteiger charge is 2.37. The third-order valence-electron chi connectivity index (χ3n) is 5.68. The van der Waals surface area contributed by atoms with Gasteiger partial charge in [-0.25, -0.2) is 4.79 Å². The molecule has 1 aliphatic carbocycles. The van der Waals surface area contributed by atoms with Crippen molar-refractivity contribution in [3.05, 3.63) is 18.0 Å². The molecule has 1 saturated heterocycles. The lowest BCUT2D eigenvalue weighted by Gasteiger charge is -2.41. The number of ether oxygens (including phenoxy) is 1. The number of nitrogens with one attached hydrogen (secondary N) is 2. The van der Waals surface area contributed by atoms with Gasteiger partial charge in [-0.3, -0.25) is 9.48 Å². The molecule has 0 radical (unpaired) electrons. The van der Waals surface area contributed by atoms with Crippen LogP contribution in [0.2, 0.25) is 0 Å². The van der Waals surface area contributed by atoms with Crippen LogP contribution in [-0.2, 0) is 22.2 Å². The molecule has 3 rings (SSSR count). The van der Waals surface area contributed by atoms with Gasteiger partial charge in [0.15, 0.2) is 0 Å². The summed E-state index contributed by atoms with van der Waals surface area (Å²) in [6, 6.07) is 0.103. The van der Waals surface area contributed by atoms with E-state index < -0.39 is 5.60 Å². The van der Waals surface area contributed by atoms with Crippen molar-refractivity contribution in [2.45, 2.75) is 64.1 Å². The van der Waals surface area contributed by atoms with Crippen LogP contribution in [0.5, 0.6) is 0 Å². The molecular formula is C20H33N5O3. The number of hydrogen-bond donors (Lipinski definition) is 2. The van der Waals surface area contributed by atoms with E-state index in [1.54, 1.807) is 10.9 Å². The molecule has 0 bridgehead atoms. The second kappa shape index (κ2) is 8.51. The van der Waals surface area contributed by atoms with E-state index in [1.807, 2.05) is 38.9 Å². The maximum atomic E-state index is 12.9. The predicted molar refractivity (Wildman–Crippen MR) is 106 cm³/mol. The quantitative estimate of drug-likeness (QED) is 0.819. The molecule has 1 saturated carbocycles. The number of nitrogens with zero attached hydrogens (tertiary/aromatic N) is 3. The van der Waals surface area contributed by atoms with Gasteiger partial charge in [0.1, 0.15) is 5.60 Å². The molecule has 8 nitrogen and oxygen atoms in total. The van der Waals surface area contributed by atoms with Crippen LogP contribution in [0.1, 0.15) is 52.0 Å². The molecule has 0 aromatic carbocycles. The normalized spacial score (nSPS) is 28.2. The maximum absolute atomic E-state index is 12.9. The first-order chi connectivity index (χ1) is 13.3. The van der Waals surface area contributed by atoms with E-state index in [0.29, 0.717) is 26.1 Å². The standard InChI is InChI=1S/C20H33N5O3/c1-14(2)22-18(26)15-6-5-7-17(10-15)23-19(27)25-8-9-28-20(3,13-25)16-11-21-24(4)12-16/h11-12,14-15,17H,5-10,13H2,1-4H3,(H,22,26)(H,23,27)/t15-,17+,20-/m1/s1. The van der Waals surface area contributed by atoms with Gasteiger partial charge in [-0.05, 0) is 40.0 Å². The first-order valence-corrected chi connectivity index (χ1v) is 10.3. The van der Waals surface area contributed by atoms with Gasteiger partial charge >= 0.3 is 6.03 Å². The molecule has 1 aromatic heterocycles. The second-order valence-electron chi connectivity index (χ2n) is 8.58. The van der Waals surface area contributed by atoms with E-state index in [1.165, 1.54) is 0 Å². The minimum absolute atomic E-state index is 0.0215. The van der Waals surface area contributed by atoms with Gasteiger partial charge in [-0.1, -0.05) is 6.42 Å². The summed E-state index contributed by atoms with van der Waals surface area (Å²) in [6.45, 7) is 7.47. The van der Waals surface area contributed by atoms with Crippen LogP contribution in [0.15, 0.2) is 12.4 Å². The Labute approximate surface area is 167 Å². The number of aryl methyl sites for hydroxylation is 1. The van der Waals surface area contributed by atoms with Crippen molar-refractivity contribution in [3.8, 4) is 0 Å². The van der Waals surface area contributed by atoms with Crippen molar-refractivity contribution in [2.75, 3.05) is 19.7 Å². The van der Waals surface area contributed by atoms with Gasteiger partial charge in [-0.2, -0.15) is 5.10 Å². The Morgan fingerprint density at radius 2 is 2.14 bits per heavy atom. The van der Waals surface area contributed by atoms with Crippen LogP contribution in [0.25, 0.3) is 0 Å². The zero-order chi connectivity index (χ0) is 20.3. The Balaban J connectivity index is 1.57. The van der Waals surface area contributed by atoms with Crippen molar-refractivity contribution in [2.24, 2.45) is 13.0 Å². The number of carbonyl (C=O) groups excluding carboxylic acids is 2. The lowest BCUT2D eigenvalue weighted by Crippen LogP contribution is -2.55. The molecule has 28 heavy (non-hydrogen) atoms. The fraction of sp³-hybridized carbons (Fsp3) is 0.750. The zero-order valence-corrected chi connectivity index (χ0v) is 17.4. The molecule has 8 heteroatoms. The lowest BCUT2D eigenvalue weighted by molar-refractivity contribution is -0.126. The highest BCUT2D eigenvalue weighted by molar-refractivity contribution is 5.79. The van der Waals surface area contributed by atoms with Crippen molar-refractivity contribution in [1.82, 2.24) is 25.3 Å². The zero-order valence-electron chi connectivity index (χ0n) is 17.4. The van der Waals surface area contributed by atoms with Gasteiger partial charge in [-0.15, -0.1) is 0 Å². The highest BCUT2D eigenvalue weighted by Crippen LogP contribution is 2.30. The van der Waals surface area contributed by atoms with Crippen LogP contribution >= 0.6 is 0 Å². The summed E-state index contributed by atoms with van der Waals surface area (Å²) in [4.78, 5) is 27.0. The van der Waals surface area contributed by atoms with Crippen molar-refractivity contribution in [3.63, 3.8) is 0 Å². The fourth-order valence-electron chi connectivity index (χ4n) is 4.14. The summed E-state index contributed by atoms with van der Waals surface area (Å²) in [5.74, 6) is 0.0799. The number of aromatic nitrogens is 2. The maximum Gasteiger partial charge on any atom is 0.317 e. The smallest absolute Gasteiger partial charge is 0.317 e.